The van der Waals surface area contributed by atoms with Gasteiger partial charge in [-0.3, -0.25) is 4.79 Å². The number of aromatic nitrogens is 1. The van der Waals surface area contributed by atoms with Crippen LogP contribution in [0.25, 0.3) is 0 Å². The quantitative estimate of drug-likeness (QED) is 0.528. The van der Waals surface area contributed by atoms with Crippen LogP contribution in [0, 0.1) is 6.92 Å². The number of aliphatic hydroxyl groups excluding tert-OH is 1. The van der Waals surface area contributed by atoms with Crippen molar-refractivity contribution in [3.05, 3.63) is 63.8 Å². The van der Waals surface area contributed by atoms with Crippen molar-refractivity contribution < 1.29 is 18.7 Å². The van der Waals surface area contributed by atoms with Gasteiger partial charge in [0.05, 0.1) is 12.3 Å². The summed E-state index contributed by atoms with van der Waals surface area (Å²) in [5.74, 6) is -0.678. The fourth-order valence-corrected chi connectivity index (χ4v) is 2.86. The molecule has 0 atom stereocenters. The van der Waals surface area contributed by atoms with Crippen molar-refractivity contribution in [1.82, 2.24) is 20.5 Å². The van der Waals surface area contributed by atoms with Gasteiger partial charge in [-0.2, -0.15) is 0 Å². The Labute approximate surface area is 161 Å². The summed E-state index contributed by atoms with van der Waals surface area (Å²) in [7, 11) is 3.37. The molecule has 6 nitrogen and oxygen atoms in total. The second kappa shape index (κ2) is 11.2. The molecule has 1 amide bonds. The number of nitrogens with one attached hydrogen (secondary N) is 2. The minimum atomic E-state index is -0.882. The second-order valence-electron chi connectivity index (χ2n) is 5.51. The first kappa shape index (κ1) is 22.5. The molecular weight excluding hydrogens is 374 g/mol. The molecule has 148 valence electrons. The molecule has 1 heterocycles. The molecule has 0 aliphatic heterocycles. The smallest absolute Gasteiger partial charge is 0.285 e. The van der Waals surface area contributed by atoms with Crippen LogP contribution in [0.1, 0.15) is 20.4 Å². The predicted octanol–water partition coefficient (Wildman–Crippen LogP) is 2.56. The molecule has 0 saturated carbocycles. The highest BCUT2D eigenvalue weighted by atomic mass is 32.1. The first-order chi connectivity index (χ1) is 12.8. The summed E-state index contributed by atoms with van der Waals surface area (Å²) in [6, 6.07) is 0. The average Bonchev–Trinajstić information content (AvgIpc) is 3.01. The molecule has 0 unspecified atom stereocenters. The summed E-state index contributed by atoms with van der Waals surface area (Å²) in [6.07, 6.45) is 5.13. The van der Waals surface area contributed by atoms with Crippen molar-refractivity contribution in [2.75, 3.05) is 27.3 Å². The zero-order valence-corrected chi connectivity index (χ0v) is 16.4. The average molecular weight is 398 g/mol. The Kier molecular flexibility index (Phi) is 9.38. The van der Waals surface area contributed by atoms with Crippen LogP contribution in [0.4, 0.5) is 8.78 Å². The van der Waals surface area contributed by atoms with Gasteiger partial charge in [-0.05, 0) is 24.6 Å². The van der Waals surface area contributed by atoms with Crippen LogP contribution in [-0.4, -0.2) is 48.2 Å². The lowest BCUT2D eigenvalue weighted by molar-refractivity contribution is 0.0962. The number of carbonyl (C=O) groups is 1. The van der Waals surface area contributed by atoms with Gasteiger partial charge in [-0.1, -0.05) is 12.7 Å². The van der Waals surface area contributed by atoms with Crippen LogP contribution >= 0.6 is 11.3 Å². The van der Waals surface area contributed by atoms with Crippen molar-refractivity contribution in [1.29, 1.82) is 0 Å². The van der Waals surface area contributed by atoms with Crippen molar-refractivity contribution in [3.8, 4) is 0 Å². The van der Waals surface area contributed by atoms with Crippen LogP contribution in [0.3, 0.4) is 0 Å². The maximum atomic E-state index is 13.4. The number of halogens is 2. The molecule has 0 saturated heterocycles. The number of nitrogens with zero attached hydrogens (tertiary/aromatic N) is 2. The van der Waals surface area contributed by atoms with E-state index in [1.165, 1.54) is 23.5 Å². The topological polar surface area (TPSA) is 77.5 Å². The number of hydrogen-bond donors (Lipinski definition) is 3. The minimum absolute atomic E-state index is 0.225. The molecule has 1 aromatic heterocycles. The fraction of sp³-hybridized carbons (Fsp3) is 0.333. The molecule has 27 heavy (non-hydrogen) atoms. The van der Waals surface area contributed by atoms with Crippen molar-refractivity contribution >= 4 is 17.2 Å². The number of hydrogen-bond acceptors (Lipinski definition) is 6. The normalized spacial score (nSPS) is 12.7. The monoisotopic (exact) mass is 398 g/mol. The van der Waals surface area contributed by atoms with E-state index in [-0.39, 0.29) is 11.6 Å². The summed E-state index contributed by atoms with van der Waals surface area (Å²) >= 11 is 1.19. The van der Waals surface area contributed by atoms with Gasteiger partial charge < -0.3 is 20.6 Å². The number of amides is 1. The van der Waals surface area contributed by atoms with Crippen LogP contribution < -0.4 is 10.6 Å². The van der Waals surface area contributed by atoms with E-state index >= 15 is 0 Å². The lowest BCUT2D eigenvalue weighted by atomic mass is 10.2. The van der Waals surface area contributed by atoms with E-state index in [4.69, 9.17) is 0 Å². The highest BCUT2D eigenvalue weighted by Crippen LogP contribution is 2.17. The largest absolute Gasteiger partial charge is 0.390 e. The van der Waals surface area contributed by atoms with Crippen LogP contribution in [0.2, 0.25) is 0 Å². The van der Waals surface area contributed by atoms with E-state index < -0.39 is 18.4 Å². The Balaban J connectivity index is 2.83. The zero-order valence-electron chi connectivity index (χ0n) is 15.6. The molecule has 1 aromatic rings. The molecule has 1 rings (SSSR count). The third kappa shape index (κ3) is 7.32. The van der Waals surface area contributed by atoms with Gasteiger partial charge in [0.1, 0.15) is 18.3 Å². The van der Waals surface area contributed by atoms with E-state index in [0.717, 1.165) is 11.0 Å². The number of rotatable bonds is 10. The number of carbonyl (C=O) groups excluding carboxylic acids is 1. The zero-order chi connectivity index (χ0) is 20.4. The molecule has 0 radical (unpaired) electrons. The molecule has 0 aromatic carbocycles. The highest BCUT2D eigenvalue weighted by molar-refractivity contribution is 7.13. The van der Waals surface area contributed by atoms with Gasteiger partial charge in [0.15, 0.2) is 5.01 Å². The molecule has 0 bridgehead atoms. The number of thiazole rings is 1. The van der Waals surface area contributed by atoms with Gasteiger partial charge in [0.25, 0.3) is 5.91 Å². The first-order valence-electron chi connectivity index (χ1n) is 8.07. The van der Waals surface area contributed by atoms with Crippen LogP contribution in [0.15, 0.2) is 48.2 Å². The Morgan fingerprint density at radius 2 is 2.19 bits per heavy atom. The summed E-state index contributed by atoms with van der Waals surface area (Å²) < 4.78 is 25.5. The number of aryl methyl sites for hydroxylation is 1. The van der Waals surface area contributed by atoms with Crippen molar-refractivity contribution in [2.24, 2.45) is 0 Å². The van der Waals surface area contributed by atoms with Crippen molar-refractivity contribution in [2.45, 2.75) is 13.5 Å². The van der Waals surface area contributed by atoms with E-state index in [1.807, 2.05) is 0 Å². The molecule has 3 N–H and O–H groups in total. The van der Waals surface area contributed by atoms with E-state index in [9.17, 15) is 18.7 Å². The second-order valence-corrected chi connectivity index (χ2v) is 6.71. The third-order valence-electron chi connectivity index (χ3n) is 3.39. The SMILES string of the molecule is C=C/C(=C\C(F)=C/CF)CN(C)/C=C(\NC)NC(=O)c1nc(CO)c(C)s1. The molecular formula is C18H24F2N4O2S. The Morgan fingerprint density at radius 1 is 1.48 bits per heavy atom. The van der Waals surface area contributed by atoms with E-state index in [2.05, 4.69) is 22.2 Å². The van der Waals surface area contributed by atoms with E-state index in [1.54, 1.807) is 32.1 Å². The molecule has 0 spiro atoms. The maximum Gasteiger partial charge on any atom is 0.285 e. The lowest BCUT2D eigenvalue weighted by Crippen LogP contribution is -2.31. The Morgan fingerprint density at radius 3 is 2.70 bits per heavy atom. The minimum Gasteiger partial charge on any atom is -0.390 e. The molecule has 9 heteroatoms. The van der Waals surface area contributed by atoms with Crippen molar-refractivity contribution in [3.63, 3.8) is 0 Å². The third-order valence-corrected chi connectivity index (χ3v) is 4.41. The molecule has 0 aliphatic carbocycles. The number of likely N-dealkylation sites (N-methyl/N-ethyl adjacent to an activating group) is 1. The standard InChI is InChI=1S/C18H24F2N4O2S/c1-5-13(8-14(20)6-7-19)9-24(4)10-16(21-3)23-17(26)18-22-15(11-25)12(2)27-18/h5-6,8,10,21,25H,1,7,9,11H2,2-4H3,(H,23,26)/b13-8+,14-6+,16-10+. The molecule has 0 aliphatic rings. The van der Waals surface area contributed by atoms with Gasteiger partial charge >= 0.3 is 0 Å². The summed E-state index contributed by atoms with van der Waals surface area (Å²) in [5.41, 5.74) is 1.02. The predicted molar refractivity (Wildman–Crippen MR) is 103 cm³/mol. The number of aliphatic hydroxyl groups is 1. The fourth-order valence-electron chi connectivity index (χ4n) is 2.04. The molecule has 0 fully saturated rings. The van der Waals surface area contributed by atoms with Crippen LogP contribution in [-0.2, 0) is 6.61 Å². The van der Waals surface area contributed by atoms with Gasteiger partial charge in [-0.25, -0.2) is 13.8 Å². The number of allylic oxidation sites excluding steroid dienone is 3. The summed E-state index contributed by atoms with van der Waals surface area (Å²) in [5, 5.41) is 15.0. The summed E-state index contributed by atoms with van der Waals surface area (Å²) in [4.78, 5) is 18.9. The van der Waals surface area contributed by atoms with Gasteiger partial charge in [0.2, 0.25) is 0 Å². The Hall–Kier alpha value is -2.52. The highest BCUT2D eigenvalue weighted by Gasteiger charge is 2.15. The lowest BCUT2D eigenvalue weighted by Gasteiger charge is -2.17. The van der Waals surface area contributed by atoms with Crippen LogP contribution in [0.5, 0.6) is 0 Å². The summed E-state index contributed by atoms with van der Waals surface area (Å²) in [6.45, 7) is 4.58. The van der Waals surface area contributed by atoms with Gasteiger partial charge in [-0.15, -0.1) is 11.3 Å². The number of alkyl halides is 1. The Bertz CT molecular complexity index is 757. The first-order valence-corrected chi connectivity index (χ1v) is 8.89. The maximum absolute atomic E-state index is 13.4. The van der Waals surface area contributed by atoms with E-state index in [0.29, 0.717) is 23.6 Å². The van der Waals surface area contributed by atoms with Gasteiger partial charge in [0, 0.05) is 31.7 Å².